The number of rotatable bonds is 53. The standard InChI is InChI=1S/C59H113NO5/c1-3-5-7-9-11-13-15-17-19-21-23-25-27-28-29-30-31-33-35-37-39-41-43-45-47-49-51-53-57(63)59(65)60-55(54-61)58(64)56(62)52-50-48-46-44-42-40-38-36-34-32-26-24-22-20-18-16-14-12-10-8-6-4-2/h28-29,36,38,44,46,55-58,61-64H,3-27,30-35,37,39-43,45,47-54H2,1-2H3,(H,60,65)/b29-28-,38-36+,46-44+. The topological polar surface area (TPSA) is 110 Å². The lowest BCUT2D eigenvalue weighted by Gasteiger charge is -2.27. The highest BCUT2D eigenvalue weighted by molar-refractivity contribution is 5.80. The number of hydrogen-bond acceptors (Lipinski definition) is 5. The maximum Gasteiger partial charge on any atom is 0.249 e. The molecule has 0 spiro atoms. The van der Waals surface area contributed by atoms with Gasteiger partial charge in [-0.2, -0.15) is 0 Å². The maximum absolute atomic E-state index is 12.6. The van der Waals surface area contributed by atoms with E-state index in [-0.39, 0.29) is 0 Å². The number of carbonyl (C=O) groups is 1. The van der Waals surface area contributed by atoms with Crippen molar-refractivity contribution in [2.75, 3.05) is 6.61 Å². The van der Waals surface area contributed by atoms with Crippen LogP contribution in [0.5, 0.6) is 0 Å². The molecule has 0 aromatic rings. The van der Waals surface area contributed by atoms with Crippen molar-refractivity contribution in [1.29, 1.82) is 0 Å². The molecule has 5 N–H and O–H groups in total. The number of amides is 1. The van der Waals surface area contributed by atoms with Crippen LogP contribution in [0.1, 0.15) is 303 Å². The van der Waals surface area contributed by atoms with Gasteiger partial charge in [-0.1, -0.05) is 262 Å². The molecule has 384 valence electrons. The van der Waals surface area contributed by atoms with E-state index >= 15 is 0 Å². The van der Waals surface area contributed by atoms with E-state index in [0.717, 1.165) is 38.5 Å². The third-order valence-corrected chi connectivity index (χ3v) is 13.6. The Balaban J connectivity index is 3.67. The van der Waals surface area contributed by atoms with Gasteiger partial charge in [-0.25, -0.2) is 0 Å². The third kappa shape index (κ3) is 47.4. The average Bonchev–Trinajstić information content (AvgIpc) is 3.31. The summed E-state index contributed by atoms with van der Waals surface area (Å²) in [5, 5.41) is 44.0. The first-order valence-electron chi connectivity index (χ1n) is 28.9. The smallest absolute Gasteiger partial charge is 0.249 e. The minimum absolute atomic E-state index is 0.360. The van der Waals surface area contributed by atoms with Gasteiger partial charge in [0.1, 0.15) is 12.2 Å². The first-order valence-corrected chi connectivity index (χ1v) is 28.9. The van der Waals surface area contributed by atoms with E-state index in [9.17, 15) is 25.2 Å². The van der Waals surface area contributed by atoms with E-state index in [1.165, 1.54) is 231 Å². The summed E-state index contributed by atoms with van der Waals surface area (Å²) < 4.78 is 0. The van der Waals surface area contributed by atoms with Gasteiger partial charge in [0, 0.05) is 0 Å². The fraction of sp³-hybridized carbons (Fsp3) is 0.881. The van der Waals surface area contributed by atoms with Gasteiger partial charge in [-0.3, -0.25) is 4.79 Å². The summed E-state index contributed by atoms with van der Waals surface area (Å²) in [6.07, 6.45) is 66.5. The summed E-state index contributed by atoms with van der Waals surface area (Å²) in [4.78, 5) is 12.6. The van der Waals surface area contributed by atoms with Crippen molar-refractivity contribution >= 4 is 5.91 Å². The molecular weight excluding hydrogens is 803 g/mol. The van der Waals surface area contributed by atoms with E-state index in [1.54, 1.807) is 0 Å². The van der Waals surface area contributed by atoms with Crippen molar-refractivity contribution in [3.05, 3.63) is 36.5 Å². The first-order chi connectivity index (χ1) is 32.0. The van der Waals surface area contributed by atoms with Crippen molar-refractivity contribution in [2.24, 2.45) is 0 Å². The first kappa shape index (κ1) is 63.5. The molecule has 0 saturated carbocycles. The van der Waals surface area contributed by atoms with Crippen LogP contribution < -0.4 is 5.32 Å². The summed E-state index contributed by atoms with van der Waals surface area (Å²) in [5.74, 6) is -0.595. The Morgan fingerprint density at radius 2 is 0.646 bits per heavy atom. The second kappa shape index (κ2) is 53.5. The molecule has 0 aromatic heterocycles. The van der Waals surface area contributed by atoms with Crippen molar-refractivity contribution in [2.45, 2.75) is 327 Å². The zero-order valence-electron chi connectivity index (χ0n) is 43.5. The van der Waals surface area contributed by atoms with Crippen LogP contribution in [-0.4, -0.2) is 57.3 Å². The number of aliphatic hydroxyl groups excluding tert-OH is 4. The van der Waals surface area contributed by atoms with Gasteiger partial charge in [-0.15, -0.1) is 0 Å². The highest BCUT2D eigenvalue weighted by Gasteiger charge is 2.28. The summed E-state index contributed by atoms with van der Waals surface area (Å²) in [5.41, 5.74) is 0. The Hall–Kier alpha value is -1.47. The predicted octanol–water partition coefficient (Wildman–Crippen LogP) is 16.8. The van der Waals surface area contributed by atoms with Crippen LogP contribution in [0.4, 0.5) is 0 Å². The van der Waals surface area contributed by atoms with E-state index in [2.05, 4.69) is 55.6 Å². The predicted molar refractivity (Wildman–Crippen MR) is 284 cm³/mol. The molecule has 0 aliphatic heterocycles. The zero-order chi connectivity index (χ0) is 47.4. The normalized spacial score (nSPS) is 14.0. The van der Waals surface area contributed by atoms with Gasteiger partial charge in [0.2, 0.25) is 5.91 Å². The molecule has 6 heteroatoms. The number of nitrogens with one attached hydrogen (secondary N) is 1. The Kier molecular flexibility index (Phi) is 52.3. The SMILES string of the molecule is CCCCCCCCCCCCCC/C=C\CCCCCCCCCCCCCC(O)C(=O)NC(CO)C(O)C(O)CCC/C=C/CC/C=C/CCCCCCCCCCCCCCC. The van der Waals surface area contributed by atoms with Crippen molar-refractivity contribution < 1.29 is 25.2 Å². The Bertz CT molecular complexity index is 1030. The summed E-state index contributed by atoms with van der Waals surface area (Å²) in [6.45, 7) is 4.07. The number of carbonyl (C=O) groups excluding carboxylic acids is 1. The molecule has 4 unspecified atom stereocenters. The Labute approximate surface area is 405 Å². The van der Waals surface area contributed by atoms with Crippen molar-refractivity contribution in [3.8, 4) is 0 Å². The van der Waals surface area contributed by atoms with Crippen LogP contribution >= 0.6 is 0 Å². The van der Waals surface area contributed by atoms with Gasteiger partial charge in [0.05, 0.1) is 18.8 Å². The van der Waals surface area contributed by atoms with E-state index < -0.39 is 36.9 Å². The third-order valence-electron chi connectivity index (χ3n) is 13.6. The number of allylic oxidation sites excluding steroid dienone is 6. The molecule has 6 nitrogen and oxygen atoms in total. The highest BCUT2D eigenvalue weighted by Crippen LogP contribution is 2.17. The van der Waals surface area contributed by atoms with E-state index in [4.69, 9.17) is 0 Å². The monoisotopic (exact) mass is 916 g/mol. The highest BCUT2D eigenvalue weighted by atomic mass is 16.3. The van der Waals surface area contributed by atoms with Crippen LogP contribution in [0, 0.1) is 0 Å². The summed E-state index contributed by atoms with van der Waals surface area (Å²) in [6, 6.07) is -1.01. The maximum atomic E-state index is 12.6. The quantitative estimate of drug-likeness (QED) is 0.0308. The number of unbranched alkanes of at least 4 members (excludes halogenated alkanes) is 38. The lowest BCUT2D eigenvalue weighted by atomic mass is 10.00. The summed E-state index contributed by atoms with van der Waals surface area (Å²) >= 11 is 0. The average molecular weight is 917 g/mol. The molecular formula is C59H113NO5. The molecule has 0 aromatic carbocycles. The minimum Gasteiger partial charge on any atom is -0.394 e. The second-order valence-corrected chi connectivity index (χ2v) is 20.0. The lowest BCUT2D eigenvalue weighted by molar-refractivity contribution is -0.132. The summed E-state index contributed by atoms with van der Waals surface area (Å²) in [7, 11) is 0. The van der Waals surface area contributed by atoms with Crippen LogP contribution in [-0.2, 0) is 4.79 Å². The zero-order valence-corrected chi connectivity index (χ0v) is 43.5. The fourth-order valence-electron chi connectivity index (χ4n) is 9.01. The van der Waals surface area contributed by atoms with Gasteiger partial charge in [0.25, 0.3) is 0 Å². The van der Waals surface area contributed by atoms with Crippen LogP contribution in [0.2, 0.25) is 0 Å². The number of hydrogen-bond donors (Lipinski definition) is 5. The molecule has 0 aliphatic rings. The lowest BCUT2D eigenvalue weighted by Crippen LogP contribution is -2.53. The molecule has 0 aliphatic carbocycles. The van der Waals surface area contributed by atoms with Crippen molar-refractivity contribution in [1.82, 2.24) is 5.32 Å². The molecule has 0 bridgehead atoms. The van der Waals surface area contributed by atoms with Gasteiger partial charge in [0.15, 0.2) is 0 Å². The number of aliphatic hydroxyl groups is 4. The molecule has 0 heterocycles. The largest absolute Gasteiger partial charge is 0.394 e. The molecule has 4 atom stereocenters. The minimum atomic E-state index is -1.29. The fourth-order valence-corrected chi connectivity index (χ4v) is 9.01. The Morgan fingerprint density at radius 1 is 0.369 bits per heavy atom. The van der Waals surface area contributed by atoms with Gasteiger partial charge in [-0.05, 0) is 77.0 Å². The van der Waals surface area contributed by atoms with Crippen LogP contribution in [0.25, 0.3) is 0 Å². The molecule has 0 radical (unpaired) electrons. The molecule has 0 fully saturated rings. The molecule has 1 amide bonds. The molecule has 65 heavy (non-hydrogen) atoms. The van der Waals surface area contributed by atoms with Gasteiger partial charge >= 0.3 is 0 Å². The molecule has 0 saturated heterocycles. The van der Waals surface area contributed by atoms with Gasteiger partial charge < -0.3 is 25.7 Å². The van der Waals surface area contributed by atoms with Crippen LogP contribution in [0.3, 0.4) is 0 Å². The Morgan fingerprint density at radius 3 is 0.969 bits per heavy atom. The second-order valence-electron chi connectivity index (χ2n) is 20.0. The van der Waals surface area contributed by atoms with E-state index in [0.29, 0.717) is 19.3 Å². The van der Waals surface area contributed by atoms with Crippen LogP contribution in [0.15, 0.2) is 36.5 Å². The molecule has 0 rings (SSSR count). The van der Waals surface area contributed by atoms with E-state index in [1.807, 2.05) is 0 Å². The van der Waals surface area contributed by atoms with Crippen molar-refractivity contribution in [3.63, 3.8) is 0 Å².